The van der Waals surface area contributed by atoms with Crippen LogP contribution in [0.15, 0.2) is 53.9 Å². The Balaban J connectivity index is 1.72. The quantitative estimate of drug-likeness (QED) is 0.602. The van der Waals surface area contributed by atoms with Crippen molar-refractivity contribution < 1.29 is 9.53 Å². The highest BCUT2D eigenvalue weighted by molar-refractivity contribution is 5.82. The van der Waals surface area contributed by atoms with E-state index in [1.54, 1.807) is 18.6 Å². The first-order valence-corrected chi connectivity index (χ1v) is 7.71. The number of hydrazone groups is 1. The van der Waals surface area contributed by atoms with E-state index in [1.165, 1.54) is 0 Å². The van der Waals surface area contributed by atoms with Crippen molar-refractivity contribution in [2.24, 2.45) is 5.10 Å². The third-order valence-corrected chi connectivity index (χ3v) is 3.15. The summed E-state index contributed by atoms with van der Waals surface area (Å²) in [6.45, 7) is 2.79. The summed E-state index contributed by atoms with van der Waals surface area (Å²) in [6, 6.07) is 11.5. The first-order chi connectivity index (χ1) is 11.3. The normalized spacial score (nSPS) is 10.7. The summed E-state index contributed by atoms with van der Waals surface area (Å²) < 4.78 is 5.53. The van der Waals surface area contributed by atoms with E-state index in [9.17, 15) is 4.79 Å². The van der Waals surface area contributed by atoms with Gasteiger partial charge in [0.05, 0.1) is 12.8 Å². The Morgan fingerprint density at radius 1 is 1.22 bits per heavy atom. The van der Waals surface area contributed by atoms with Crippen molar-refractivity contribution >= 4 is 12.1 Å². The van der Waals surface area contributed by atoms with Gasteiger partial charge in [-0.05, 0) is 48.2 Å². The van der Waals surface area contributed by atoms with E-state index >= 15 is 0 Å². The Hall–Kier alpha value is -2.69. The van der Waals surface area contributed by atoms with Gasteiger partial charge in [-0.3, -0.25) is 9.78 Å². The summed E-state index contributed by atoms with van der Waals surface area (Å²) in [6.07, 6.45) is 7.00. The number of ether oxygens (including phenoxy) is 1. The number of aromatic nitrogens is 1. The Labute approximate surface area is 136 Å². The molecule has 2 aromatic rings. The van der Waals surface area contributed by atoms with Crippen LogP contribution >= 0.6 is 0 Å². The van der Waals surface area contributed by atoms with E-state index in [0.29, 0.717) is 12.8 Å². The van der Waals surface area contributed by atoms with Gasteiger partial charge in [-0.2, -0.15) is 5.10 Å². The summed E-state index contributed by atoms with van der Waals surface area (Å²) >= 11 is 0. The minimum Gasteiger partial charge on any atom is -0.494 e. The van der Waals surface area contributed by atoms with Crippen molar-refractivity contribution in [3.8, 4) is 5.75 Å². The highest BCUT2D eigenvalue weighted by Gasteiger charge is 2.01. The highest BCUT2D eigenvalue weighted by Crippen LogP contribution is 2.13. The van der Waals surface area contributed by atoms with Crippen LogP contribution in [-0.4, -0.2) is 23.7 Å². The smallest absolute Gasteiger partial charge is 0.240 e. The largest absolute Gasteiger partial charge is 0.494 e. The molecular formula is C18H21N3O2. The third-order valence-electron chi connectivity index (χ3n) is 3.15. The molecule has 5 heteroatoms. The number of carbonyl (C=O) groups is 1. The molecule has 2 rings (SSSR count). The molecule has 0 saturated carbocycles. The molecule has 1 heterocycles. The monoisotopic (exact) mass is 311 g/mol. The van der Waals surface area contributed by atoms with Gasteiger partial charge >= 0.3 is 0 Å². The van der Waals surface area contributed by atoms with Gasteiger partial charge in [-0.15, -0.1) is 0 Å². The van der Waals surface area contributed by atoms with Crippen molar-refractivity contribution in [3.63, 3.8) is 0 Å². The van der Waals surface area contributed by atoms with E-state index < -0.39 is 0 Å². The van der Waals surface area contributed by atoms with Crippen molar-refractivity contribution in [1.29, 1.82) is 0 Å². The van der Waals surface area contributed by atoms with E-state index in [0.717, 1.165) is 29.9 Å². The van der Waals surface area contributed by atoms with Crippen LogP contribution in [0.25, 0.3) is 0 Å². The molecule has 0 saturated heterocycles. The predicted octanol–water partition coefficient (Wildman–Crippen LogP) is 2.95. The average molecular weight is 311 g/mol. The topological polar surface area (TPSA) is 63.6 Å². The van der Waals surface area contributed by atoms with Crippen LogP contribution in [0.3, 0.4) is 0 Å². The Bertz CT molecular complexity index is 624. The maximum absolute atomic E-state index is 11.8. The maximum atomic E-state index is 11.8. The second-order valence-corrected chi connectivity index (χ2v) is 5.07. The van der Waals surface area contributed by atoms with Crippen molar-refractivity contribution in [2.45, 2.75) is 26.2 Å². The zero-order valence-electron chi connectivity index (χ0n) is 13.2. The Kier molecular flexibility index (Phi) is 6.78. The van der Waals surface area contributed by atoms with Gasteiger partial charge in [0.2, 0.25) is 5.91 Å². The highest BCUT2D eigenvalue weighted by atomic mass is 16.5. The summed E-state index contributed by atoms with van der Waals surface area (Å²) in [5, 5.41) is 3.93. The maximum Gasteiger partial charge on any atom is 0.240 e. The zero-order chi connectivity index (χ0) is 16.3. The molecule has 120 valence electrons. The molecule has 0 aliphatic heterocycles. The molecule has 1 aromatic carbocycles. The molecule has 0 fully saturated rings. The standard InChI is InChI=1S/C18H21N3O2/c1-2-13-23-17-6-3-15(4-7-17)5-8-18(22)21-20-14-16-9-11-19-12-10-16/h3-4,6-7,9-12,14H,2,5,8,13H2,1H3,(H,21,22). The van der Waals surface area contributed by atoms with Crippen LogP contribution in [0, 0.1) is 0 Å². The van der Waals surface area contributed by atoms with Crippen molar-refractivity contribution in [1.82, 2.24) is 10.4 Å². The van der Waals surface area contributed by atoms with Gasteiger partial charge in [-0.1, -0.05) is 19.1 Å². The molecule has 0 radical (unpaired) electrons. The molecule has 0 unspecified atom stereocenters. The molecule has 5 nitrogen and oxygen atoms in total. The van der Waals surface area contributed by atoms with E-state index in [-0.39, 0.29) is 5.91 Å². The summed E-state index contributed by atoms with van der Waals surface area (Å²) in [5.41, 5.74) is 4.52. The molecule has 1 amide bonds. The van der Waals surface area contributed by atoms with E-state index in [4.69, 9.17) is 4.74 Å². The first-order valence-electron chi connectivity index (χ1n) is 7.71. The molecule has 0 spiro atoms. The summed E-state index contributed by atoms with van der Waals surface area (Å²) in [4.78, 5) is 15.7. The molecule has 1 N–H and O–H groups in total. The van der Waals surface area contributed by atoms with E-state index in [1.807, 2.05) is 36.4 Å². The molecular weight excluding hydrogens is 290 g/mol. The van der Waals surface area contributed by atoms with Crippen molar-refractivity contribution in [3.05, 3.63) is 59.9 Å². The van der Waals surface area contributed by atoms with Gasteiger partial charge in [-0.25, -0.2) is 5.43 Å². The minimum absolute atomic E-state index is 0.110. The summed E-state index contributed by atoms with van der Waals surface area (Å²) in [7, 11) is 0. The lowest BCUT2D eigenvalue weighted by Crippen LogP contribution is -2.17. The lowest BCUT2D eigenvalue weighted by molar-refractivity contribution is -0.121. The number of carbonyl (C=O) groups excluding carboxylic acids is 1. The number of benzene rings is 1. The first kappa shape index (κ1) is 16.7. The van der Waals surface area contributed by atoms with Crippen LogP contribution in [0.1, 0.15) is 30.9 Å². The van der Waals surface area contributed by atoms with Gasteiger partial charge in [0.15, 0.2) is 0 Å². The number of rotatable bonds is 8. The van der Waals surface area contributed by atoms with Crippen molar-refractivity contribution in [2.75, 3.05) is 6.61 Å². The minimum atomic E-state index is -0.110. The van der Waals surface area contributed by atoms with Gasteiger partial charge in [0.25, 0.3) is 0 Å². The number of pyridine rings is 1. The SMILES string of the molecule is CCCOc1ccc(CCC(=O)NN=Cc2ccncc2)cc1. The van der Waals surface area contributed by atoms with Crippen LogP contribution in [0.4, 0.5) is 0 Å². The van der Waals surface area contributed by atoms with Gasteiger partial charge < -0.3 is 4.74 Å². The predicted molar refractivity (Wildman–Crippen MR) is 90.5 cm³/mol. The van der Waals surface area contributed by atoms with Gasteiger partial charge in [0.1, 0.15) is 5.75 Å². The molecule has 0 aliphatic rings. The van der Waals surface area contributed by atoms with Gasteiger partial charge in [0, 0.05) is 18.8 Å². The van der Waals surface area contributed by atoms with Crippen LogP contribution in [0.5, 0.6) is 5.75 Å². The average Bonchev–Trinajstić information content (AvgIpc) is 2.60. The molecule has 23 heavy (non-hydrogen) atoms. The third kappa shape index (κ3) is 6.30. The van der Waals surface area contributed by atoms with Crippen LogP contribution < -0.4 is 10.2 Å². The van der Waals surface area contributed by atoms with Crippen LogP contribution in [-0.2, 0) is 11.2 Å². The molecule has 1 aromatic heterocycles. The van der Waals surface area contributed by atoms with Crippen LogP contribution in [0.2, 0.25) is 0 Å². The Morgan fingerprint density at radius 2 is 1.96 bits per heavy atom. The lowest BCUT2D eigenvalue weighted by Gasteiger charge is -2.05. The number of nitrogens with one attached hydrogen (secondary N) is 1. The molecule has 0 aliphatic carbocycles. The Morgan fingerprint density at radius 3 is 2.65 bits per heavy atom. The number of amides is 1. The fraction of sp³-hybridized carbons (Fsp3) is 0.278. The second-order valence-electron chi connectivity index (χ2n) is 5.07. The molecule has 0 bridgehead atoms. The fourth-order valence-corrected chi connectivity index (χ4v) is 1.91. The second kappa shape index (κ2) is 9.35. The fourth-order valence-electron chi connectivity index (χ4n) is 1.91. The number of hydrogen-bond acceptors (Lipinski definition) is 4. The molecule has 0 atom stereocenters. The summed E-state index contributed by atoms with van der Waals surface area (Å²) in [5.74, 6) is 0.753. The number of hydrogen-bond donors (Lipinski definition) is 1. The number of nitrogens with zero attached hydrogens (tertiary/aromatic N) is 2. The van der Waals surface area contributed by atoms with E-state index in [2.05, 4.69) is 22.4 Å². The zero-order valence-corrected chi connectivity index (χ0v) is 13.2. The number of aryl methyl sites for hydroxylation is 1. The lowest BCUT2D eigenvalue weighted by atomic mass is 10.1.